The second-order valence-corrected chi connectivity index (χ2v) is 8.17. The van der Waals surface area contributed by atoms with Crippen molar-refractivity contribution in [2.24, 2.45) is 0 Å². The lowest BCUT2D eigenvalue weighted by molar-refractivity contribution is 0.0861. The largest absolute Gasteiger partial charge is 0.376 e. The number of amides is 1. The second-order valence-electron chi connectivity index (χ2n) is 7.15. The first-order chi connectivity index (χ1) is 14.2. The Morgan fingerprint density at radius 2 is 2.03 bits per heavy atom. The van der Waals surface area contributed by atoms with Crippen LogP contribution in [0.3, 0.4) is 0 Å². The zero-order valence-electron chi connectivity index (χ0n) is 15.7. The minimum atomic E-state index is -0.358. The molecule has 0 spiro atoms. The Morgan fingerprint density at radius 3 is 2.83 bits per heavy atom. The summed E-state index contributed by atoms with van der Waals surface area (Å²) in [7, 11) is 0. The highest BCUT2D eigenvalue weighted by Crippen LogP contribution is 2.41. The van der Waals surface area contributed by atoms with Gasteiger partial charge in [0.25, 0.3) is 5.91 Å². The van der Waals surface area contributed by atoms with Crippen molar-refractivity contribution >= 4 is 38.2 Å². The van der Waals surface area contributed by atoms with E-state index in [0.717, 1.165) is 46.0 Å². The lowest BCUT2D eigenvalue weighted by Gasteiger charge is -2.11. The van der Waals surface area contributed by atoms with Crippen LogP contribution in [0, 0.1) is 5.82 Å². The fourth-order valence-electron chi connectivity index (χ4n) is 3.87. The topological polar surface area (TPSA) is 51.2 Å². The molecule has 4 nitrogen and oxygen atoms in total. The molecule has 1 N–H and O–H groups in total. The Kier molecular flexibility index (Phi) is 4.73. The van der Waals surface area contributed by atoms with Crippen molar-refractivity contribution in [3.8, 4) is 11.1 Å². The predicted molar refractivity (Wildman–Crippen MR) is 114 cm³/mol. The van der Waals surface area contributed by atoms with Gasteiger partial charge < -0.3 is 10.1 Å². The highest BCUT2D eigenvalue weighted by molar-refractivity contribution is 7.22. The average Bonchev–Trinajstić information content (AvgIpc) is 3.40. The Bertz CT molecular complexity index is 1200. The van der Waals surface area contributed by atoms with Gasteiger partial charge in [-0.15, -0.1) is 11.3 Å². The first-order valence-electron chi connectivity index (χ1n) is 9.67. The van der Waals surface area contributed by atoms with Crippen molar-refractivity contribution in [3.05, 3.63) is 65.4 Å². The molecule has 1 aliphatic rings. The van der Waals surface area contributed by atoms with E-state index in [1.165, 1.54) is 17.4 Å². The van der Waals surface area contributed by atoms with E-state index in [4.69, 9.17) is 4.74 Å². The molecule has 1 amide bonds. The lowest BCUT2D eigenvalue weighted by Crippen LogP contribution is -2.31. The lowest BCUT2D eigenvalue weighted by atomic mass is 10.0. The Hall–Kier alpha value is -2.83. The molecule has 29 heavy (non-hydrogen) atoms. The van der Waals surface area contributed by atoms with Crippen LogP contribution in [0.2, 0.25) is 0 Å². The van der Waals surface area contributed by atoms with Crippen molar-refractivity contribution < 1.29 is 13.9 Å². The van der Waals surface area contributed by atoms with Crippen LogP contribution in [0.5, 0.6) is 0 Å². The Balaban J connectivity index is 1.65. The molecule has 1 atom stereocenters. The summed E-state index contributed by atoms with van der Waals surface area (Å²) in [5, 5.41) is 4.61. The van der Waals surface area contributed by atoms with Gasteiger partial charge in [-0.25, -0.2) is 4.39 Å². The molecule has 146 valence electrons. The zero-order chi connectivity index (χ0) is 19.8. The first kappa shape index (κ1) is 18.2. The number of para-hydroxylation sites is 1. The molecule has 1 saturated heterocycles. The number of rotatable bonds is 4. The van der Waals surface area contributed by atoms with Crippen molar-refractivity contribution in [2.45, 2.75) is 18.9 Å². The normalized spacial score (nSPS) is 16.5. The van der Waals surface area contributed by atoms with E-state index in [-0.39, 0.29) is 17.8 Å². The summed E-state index contributed by atoms with van der Waals surface area (Å²) in [6.07, 6.45) is 3.75. The third-order valence-corrected chi connectivity index (χ3v) is 6.52. The number of pyridine rings is 1. The summed E-state index contributed by atoms with van der Waals surface area (Å²) in [6.45, 7) is 1.25. The number of carbonyl (C=O) groups is 1. The zero-order valence-corrected chi connectivity index (χ0v) is 16.5. The molecular formula is C23H19FN2O2S. The van der Waals surface area contributed by atoms with Crippen LogP contribution < -0.4 is 5.32 Å². The second kappa shape index (κ2) is 7.54. The predicted octanol–water partition coefficient (Wildman–Crippen LogP) is 5.16. The molecule has 3 heterocycles. The molecule has 0 saturated carbocycles. The fraction of sp³-hybridized carbons (Fsp3) is 0.217. The fourth-order valence-corrected chi connectivity index (χ4v) is 5.11. The van der Waals surface area contributed by atoms with E-state index in [2.05, 4.69) is 10.3 Å². The summed E-state index contributed by atoms with van der Waals surface area (Å²) < 4.78 is 20.7. The first-order valence-corrected chi connectivity index (χ1v) is 10.5. The molecule has 2 aromatic heterocycles. The number of nitrogens with one attached hydrogen (secondary N) is 1. The maximum absolute atomic E-state index is 14.2. The standard InChI is InChI=1S/C23H19FN2O2S/c24-18-10-4-9-16-20(18)25-13-17-19(14-6-2-1-3-7-14)22(29-21(16)17)23(27)26-12-15-8-5-11-28-15/h1-4,6-7,9-10,13,15H,5,8,11-12H2,(H,26,27)/t15-/m0/s1. The molecule has 0 unspecified atom stereocenters. The van der Waals surface area contributed by atoms with Gasteiger partial charge in [0.1, 0.15) is 16.2 Å². The minimum Gasteiger partial charge on any atom is -0.376 e. The van der Waals surface area contributed by atoms with Gasteiger partial charge in [-0.3, -0.25) is 9.78 Å². The van der Waals surface area contributed by atoms with Crippen LogP contribution in [-0.2, 0) is 4.74 Å². The Morgan fingerprint density at radius 1 is 1.17 bits per heavy atom. The van der Waals surface area contributed by atoms with Crippen molar-refractivity contribution in [1.29, 1.82) is 0 Å². The number of thiophene rings is 1. The third-order valence-electron chi connectivity index (χ3n) is 5.28. The summed E-state index contributed by atoms with van der Waals surface area (Å²) in [5.74, 6) is -0.492. The van der Waals surface area contributed by atoms with Gasteiger partial charge in [-0.1, -0.05) is 42.5 Å². The monoisotopic (exact) mass is 406 g/mol. The van der Waals surface area contributed by atoms with Crippen LogP contribution in [0.4, 0.5) is 4.39 Å². The van der Waals surface area contributed by atoms with E-state index in [1.807, 2.05) is 36.4 Å². The summed E-state index contributed by atoms with van der Waals surface area (Å²) in [4.78, 5) is 18.1. The van der Waals surface area contributed by atoms with Crippen LogP contribution in [-0.4, -0.2) is 30.1 Å². The minimum absolute atomic E-state index is 0.0742. The van der Waals surface area contributed by atoms with E-state index in [1.54, 1.807) is 12.3 Å². The number of hydrogen-bond donors (Lipinski definition) is 1. The van der Waals surface area contributed by atoms with Crippen molar-refractivity contribution in [1.82, 2.24) is 10.3 Å². The summed E-state index contributed by atoms with van der Waals surface area (Å²) >= 11 is 1.39. The van der Waals surface area contributed by atoms with E-state index < -0.39 is 0 Å². The smallest absolute Gasteiger partial charge is 0.262 e. The van der Waals surface area contributed by atoms with Gasteiger partial charge in [0.05, 0.1) is 6.10 Å². The van der Waals surface area contributed by atoms with Gasteiger partial charge in [0.15, 0.2) is 0 Å². The maximum atomic E-state index is 14.2. The quantitative estimate of drug-likeness (QED) is 0.509. The number of ether oxygens (including phenoxy) is 1. The third kappa shape index (κ3) is 3.28. The molecule has 0 radical (unpaired) electrons. The summed E-state index contributed by atoms with van der Waals surface area (Å²) in [5.41, 5.74) is 2.11. The van der Waals surface area contributed by atoms with E-state index in [0.29, 0.717) is 16.9 Å². The molecule has 5 rings (SSSR count). The summed E-state index contributed by atoms with van der Waals surface area (Å²) in [6, 6.07) is 14.7. The maximum Gasteiger partial charge on any atom is 0.262 e. The molecule has 1 aliphatic heterocycles. The molecule has 6 heteroatoms. The number of carbonyl (C=O) groups excluding carboxylic acids is 1. The van der Waals surface area contributed by atoms with Gasteiger partial charge in [0.2, 0.25) is 0 Å². The van der Waals surface area contributed by atoms with Gasteiger partial charge in [0, 0.05) is 40.4 Å². The van der Waals surface area contributed by atoms with Gasteiger partial charge in [-0.05, 0) is 24.5 Å². The number of fused-ring (bicyclic) bond motifs is 3. The molecular weight excluding hydrogens is 387 g/mol. The van der Waals surface area contributed by atoms with Crippen molar-refractivity contribution in [3.63, 3.8) is 0 Å². The molecule has 0 aliphatic carbocycles. The number of halogens is 1. The van der Waals surface area contributed by atoms with E-state index in [9.17, 15) is 9.18 Å². The van der Waals surface area contributed by atoms with Crippen LogP contribution >= 0.6 is 11.3 Å². The average molecular weight is 406 g/mol. The number of nitrogens with zero attached hydrogens (tertiary/aromatic N) is 1. The SMILES string of the molecule is O=C(NC[C@@H]1CCCO1)c1sc2c(cnc3c(F)cccc32)c1-c1ccccc1. The number of benzene rings is 2. The van der Waals surface area contributed by atoms with Crippen LogP contribution in [0.1, 0.15) is 22.5 Å². The molecule has 4 aromatic rings. The highest BCUT2D eigenvalue weighted by atomic mass is 32.1. The van der Waals surface area contributed by atoms with Crippen molar-refractivity contribution in [2.75, 3.05) is 13.2 Å². The number of aromatic nitrogens is 1. The highest BCUT2D eigenvalue weighted by Gasteiger charge is 2.23. The number of hydrogen-bond acceptors (Lipinski definition) is 4. The molecule has 2 aromatic carbocycles. The van der Waals surface area contributed by atoms with Gasteiger partial charge >= 0.3 is 0 Å². The molecule has 1 fully saturated rings. The molecule has 0 bridgehead atoms. The Labute approximate surface area is 171 Å². The van der Waals surface area contributed by atoms with E-state index >= 15 is 0 Å². The van der Waals surface area contributed by atoms with Gasteiger partial charge in [-0.2, -0.15) is 0 Å². The van der Waals surface area contributed by atoms with Crippen LogP contribution in [0.15, 0.2) is 54.7 Å². The van der Waals surface area contributed by atoms with Crippen LogP contribution in [0.25, 0.3) is 32.1 Å².